The summed E-state index contributed by atoms with van der Waals surface area (Å²) < 4.78 is 1.62. The second-order valence-corrected chi connectivity index (χ2v) is 4.06. The molecule has 0 aliphatic heterocycles. The summed E-state index contributed by atoms with van der Waals surface area (Å²) in [6.07, 6.45) is 2.97. The van der Waals surface area contributed by atoms with Crippen molar-refractivity contribution in [3.63, 3.8) is 0 Å². The van der Waals surface area contributed by atoms with Gasteiger partial charge in [0.1, 0.15) is 0 Å². The lowest BCUT2D eigenvalue weighted by molar-refractivity contribution is -0.111. The standard InChI is InChI=1S/C15H14N2O2/c1-2-14(18)16-13-8-6-12(7-9-13)11-17-10-4-3-5-15(17)19/h2-10H,1,11H2,(H,16,18). The van der Waals surface area contributed by atoms with Crippen LogP contribution in [0.5, 0.6) is 0 Å². The molecule has 0 unspecified atom stereocenters. The molecule has 0 fully saturated rings. The van der Waals surface area contributed by atoms with Gasteiger partial charge in [-0.2, -0.15) is 0 Å². The molecule has 1 N–H and O–H groups in total. The van der Waals surface area contributed by atoms with Crippen LogP contribution in [0, 0.1) is 0 Å². The van der Waals surface area contributed by atoms with Crippen LogP contribution in [0.4, 0.5) is 5.69 Å². The predicted molar refractivity (Wildman–Crippen MR) is 75.1 cm³/mol. The fourth-order valence-corrected chi connectivity index (χ4v) is 1.67. The molecule has 1 aromatic heterocycles. The number of hydrogen-bond acceptors (Lipinski definition) is 2. The Kier molecular flexibility index (Phi) is 3.93. The summed E-state index contributed by atoms with van der Waals surface area (Å²) in [6.45, 7) is 3.90. The maximum absolute atomic E-state index is 11.6. The van der Waals surface area contributed by atoms with E-state index in [0.717, 1.165) is 5.56 Å². The topological polar surface area (TPSA) is 51.1 Å². The van der Waals surface area contributed by atoms with Gasteiger partial charge < -0.3 is 9.88 Å². The van der Waals surface area contributed by atoms with Gasteiger partial charge in [0.25, 0.3) is 5.56 Å². The van der Waals surface area contributed by atoms with E-state index in [0.29, 0.717) is 12.2 Å². The minimum atomic E-state index is -0.243. The lowest BCUT2D eigenvalue weighted by Gasteiger charge is -2.07. The average Bonchev–Trinajstić information content (AvgIpc) is 2.43. The van der Waals surface area contributed by atoms with Gasteiger partial charge in [-0.15, -0.1) is 0 Å². The van der Waals surface area contributed by atoms with Crippen molar-refractivity contribution in [1.29, 1.82) is 0 Å². The molecule has 0 spiro atoms. The maximum Gasteiger partial charge on any atom is 0.250 e. The van der Waals surface area contributed by atoms with Gasteiger partial charge in [0.2, 0.25) is 5.91 Å². The summed E-state index contributed by atoms with van der Waals surface area (Å²) in [5, 5.41) is 2.67. The van der Waals surface area contributed by atoms with Gasteiger partial charge in [-0.1, -0.05) is 24.8 Å². The van der Waals surface area contributed by atoms with Crippen molar-refractivity contribution in [1.82, 2.24) is 4.57 Å². The number of amides is 1. The number of nitrogens with zero attached hydrogens (tertiary/aromatic N) is 1. The van der Waals surface area contributed by atoms with Gasteiger partial charge in [0, 0.05) is 18.0 Å². The Morgan fingerprint density at radius 3 is 2.58 bits per heavy atom. The lowest BCUT2D eigenvalue weighted by atomic mass is 10.2. The van der Waals surface area contributed by atoms with Crippen LogP contribution in [-0.2, 0) is 11.3 Å². The number of aromatic nitrogens is 1. The van der Waals surface area contributed by atoms with Crippen LogP contribution in [0.15, 0.2) is 66.1 Å². The van der Waals surface area contributed by atoms with E-state index in [9.17, 15) is 9.59 Å². The summed E-state index contributed by atoms with van der Waals surface area (Å²) in [6, 6.07) is 12.4. The van der Waals surface area contributed by atoms with E-state index in [1.54, 1.807) is 29.0 Å². The third-order valence-electron chi connectivity index (χ3n) is 2.66. The van der Waals surface area contributed by atoms with Crippen molar-refractivity contribution in [2.45, 2.75) is 6.54 Å². The van der Waals surface area contributed by atoms with Crippen LogP contribution in [0.25, 0.3) is 0 Å². The quantitative estimate of drug-likeness (QED) is 0.849. The molecule has 4 heteroatoms. The number of carbonyl (C=O) groups excluding carboxylic acids is 1. The molecule has 0 saturated heterocycles. The van der Waals surface area contributed by atoms with E-state index in [4.69, 9.17) is 0 Å². The molecule has 0 bridgehead atoms. The zero-order valence-corrected chi connectivity index (χ0v) is 10.4. The largest absolute Gasteiger partial charge is 0.323 e. The second-order valence-electron chi connectivity index (χ2n) is 4.06. The summed E-state index contributed by atoms with van der Waals surface area (Å²) in [5.41, 5.74) is 1.66. The van der Waals surface area contributed by atoms with Gasteiger partial charge >= 0.3 is 0 Å². The fourth-order valence-electron chi connectivity index (χ4n) is 1.67. The van der Waals surface area contributed by atoms with E-state index in [2.05, 4.69) is 11.9 Å². The highest BCUT2D eigenvalue weighted by Gasteiger charge is 1.99. The fraction of sp³-hybridized carbons (Fsp3) is 0.0667. The zero-order chi connectivity index (χ0) is 13.7. The van der Waals surface area contributed by atoms with Gasteiger partial charge in [0.15, 0.2) is 0 Å². The van der Waals surface area contributed by atoms with Crippen molar-refractivity contribution in [3.05, 3.63) is 77.2 Å². The zero-order valence-electron chi connectivity index (χ0n) is 10.4. The third kappa shape index (κ3) is 3.42. The van der Waals surface area contributed by atoms with Crippen molar-refractivity contribution in [2.24, 2.45) is 0 Å². The molecule has 1 heterocycles. The number of anilines is 1. The van der Waals surface area contributed by atoms with Crippen LogP contribution >= 0.6 is 0 Å². The number of nitrogens with one attached hydrogen (secondary N) is 1. The van der Waals surface area contributed by atoms with E-state index in [1.807, 2.05) is 18.2 Å². The SMILES string of the molecule is C=CC(=O)Nc1ccc(Cn2ccccc2=O)cc1. The molecule has 2 aromatic rings. The van der Waals surface area contributed by atoms with Gasteiger partial charge in [-0.3, -0.25) is 9.59 Å². The number of hydrogen-bond donors (Lipinski definition) is 1. The van der Waals surface area contributed by atoms with Crippen LogP contribution in [0.2, 0.25) is 0 Å². The molecule has 19 heavy (non-hydrogen) atoms. The third-order valence-corrected chi connectivity index (χ3v) is 2.66. The molecule has 96 valence electrons. The molecule has 0 atom stereocenters. The minimum Gasteiger partial charge on any atom is -0.323 e. The molecule has 0 radical (unpaired) electrons. The van der Waals surface area contributed by atoms with Crippen molar-refractivity contribution in [2.75, 3.05) is 5.32 Å². The van der Waals surface area contributed by atoms with Crippen molar-refractivity contribution in [3.8, 4) is 0 Å². The molecular weight excluding hydrogens is 240 g/mol. The number of carbonyl (C=O) groups is 1. The van der Waals surface area contributed by atoms with Crippen LogP contribution in [-0.4, -0.2) is 10.5 Å². The average molecular weight is 254 g/mol. The number of pyridine rings is 1. The monoisotopic (exact) mass is 254 g/mol. The molecular formula is C15H14N2O2. The first-order chi connectivity index (χ1) is 9.19. The van der Waals surface area contributed by atoms with Gasteiger partial charge in [0.05, 0.1) is 6.54 Å². The van der Waals surface area contributed by atoms with E-state index >= 15 is 0 Å². The Hall–Kier alpha value is -2.62. The van der Waals surface area contributed by atoms with Gasteiger partial charge in [-0.25, -0.2) is 0 Å². The summed E-state index contributed by atoms with van der Waals surface area (Å²) >= 11 is 0. The molecule has 4 nitrogen and oxygen atoms in total. The van der Waals surface area contributed by atoms with Crippen LogP contribution in [0.1, 0.15) is 5.56 Å². The lowest BCUT2D eigenvalue weighted by Crippen LogP contribution is -2.18. The van der Waals surface area contributed by atoms with Crippen LogP contribution < -0.4 is 10.9 Å². The molecule has 1 aromatic carbocycles. The predicted octanol–water partition coefficient (Wildman–Crippen LogP) is 2.02. The summed E-state index contributed by atoms with van der Waals surface area (Å²) in [5.74, 6) is -0.243. The Morgan fingerprint density at radius 1 is 1.21 bits per heavy atom. The van der Waals surface area contributed by atoms with E-state index < -0.39 is 0 Å². The highest BCUT2D eigenvalue weighted by Crippen LogP contribution is 2.10. The molecule has 0 aliphatic rings. The van der Waals surface area contributed by atoms with Crippen molar-refractivity contribution >= 4 is 11.6 Å². The van der Waals surface area contributed by atoms with Crippen molar-refractivity contribution < 1.29 is 4.79 Å². The molecule has 0 saturated carbocycles. The summed E-state index contributed by atoms with van der Waals surface area (Å²) in [4.78, 5) is 22.7. The first-order valence-electron chi connectivity index (χ1n) is 5.87. The molecule has 1 amide bonds. The first kappa shape index (κ1) is 12.8. The highest BCUT2D eigenvalue weighted by molar-refractivity contribution is 5.98. The maximum atomic E-state index is 11.6. The van der Waals surface area contributed by atoms with Crippen LogP contribution in [0.3, 0.4) is 0 Å². The molecule has 2 rings (SSSR count). The Balaban J connectivity index is 2.11. The van der Waals surface area contributed by atoms with E-state index in [-0.39, 0.29) is 11.5 Å². The van der Waals surface area contributed by atoms with Gasteiger partial charge in [-0.05, 0) is 29.8 Å². The Labute approximate surface area is 111 Å². The number of benzene rings is 1. The summed E-state index contributed by atoms with van der Waals surface area (Å²) in [7, 11) is 0. The normalized spacial score (nSPS) is 9.89. The second kappa shape index (κ2) is 5.82. The minimum absolute atomic E-state index is 0.0356. The number of rotatable bonds is 4. The Bertz CT molecular complexity index is 642. The smallest absolute Gasteiger partial charge is 0.250 e. The molecule has 0 aliphatic carbocycles. The Morgan fingerprint density at radius 2 is 1.95 bits per heavy atom. The van der Waals surface area contributed by atoms with E-state index in [1.165, 1.54) is 12.1 Å². The first-order valence-corrected chi connectivity index (χ1v) is 5.87. The highest BCUT2D eigenvalue weighted by atomic mass is 16.1.